The fourth-order valence-corrected chi connectivity index (χ4v) is 4.55. The van der Waals surface area contributed by atoms with Crippen LogP contribution in [0.15, 0.2) is 64.0 Å². The van der Waals surface area contributed by atoms with Crippen LogP contribution < -0.4 is 24.4 Å². The number of para-hydroxylation sites is 1. The molecule has 35 heavy (non-hydrogen) atoms. The second kappa shape index (κ2) is 8.72. The summed E-state index contributed by atoms with van der Waals surface area (Å²) in [6, 6.07) is 13.6. The molecule has 1 N–H and O–H groups in total. The van der Waals surface area contributed by atoms with Crippen LogP contribution in [0.1, 0.15) is 23.5 Å². The van der Waals surface area contributed by atoms with Crippen molar-refractivity contribution in [3.05, 3.63) is 76.1 Å². The minimum Gasteiger partial charge on any atom is -0.507 e. The van der Waals surface area contributed by atoms with E-state index >= 15 is 0 Å². The molecule has 0 bridgehead atoms. The Labute approximate surface area is 200 Å². The van der Waals surface area contributed by atoms with Crippen LogP contribution in [-0.4, -0.2) is 32.4 Å². The molecule has 2 heterocycles. The Morgan fingerprint density at radius 3 is 2.43 bits per heavy atom. The SMILES string of the molecule is COc1ccc(-c2coc3c4c(cc(O)c3c2=O)OC(=O)CC4c2cccc(OC)c2OC)cc1. The maximum absolute atomic E-state index is 13.5. The minimum absolute atomic E-state index is 0.00174. The minimum atomic E-state index is -0.561. The molecule has 0 fully saturated rings. The van der Waals surface area contributed by atoms with Crippen LogP contribution in [0.25, 0.3) is 22.1 Å². The van der Waals surface area contributed by atoms with Crippen LogP contribution >= 0.6 is 0 Å². The van der Waals surface area contributed by atoms with Gasteiger partial charge in [0.25, 0.3) is 0 Å². The van der Waals surface area contributed by atoms with Gasteiger partial charge in [-0.1, -0.05) is 24.3 Å². The Balaban J connectivity index is 1.76. The lowest BCUT2D eigenvalue weighted by Gasteiger charge is -2.27. The van der Waals surface area contributed by atoms with Crippen LogP contribution in [0.3, 0.4) is 0 Å². The second-order valence-electron chi connectivity index (χ2n) is 8.03. The zero-order chi connectivity index (χ0) is 24.7. The van der Waals surface area contributed by atoms with Gasteiger partial charge in [-0.15, -0.1) is 0 Å². The van der Waals surface area contributed by atoms with Gasteiger partial charge in [0.15, 0.2) is 11.5 Å². The zero-order valence-corrected chi connectivity index (χ0v) is 19.3. The van der Waals surface area contributed by atoms with E-state index in [9.17, 15) is 14.7 Å². The molecule has 1 atom stereocenters. The Kier molecular flexibility index (Phi) is 5.56. The Bertz CT molecular complexity index is 1500. The molecular formula is C27H22O8. The van der Waals surface area contributed by atoms with Gasteiger partial charge in [-0.25, -0.2) is 0 Å². The van der Waals surface area contributed by atoms with Crippen LogP contribution in [0.5, 0.6) is 28.7 Å². The number of methoxy groups -OCH3 is 3. The van der Waals surface area contributed by atoms with Crippen LogP contribution in [0.2, 0.25) is 0 Å². The number of esters is 1. The van der Waals surface area contributed by atoms with Crippen LogP contribution in [-0.2, 0) is 4.79 Å². The van der Waals surface area contributed by atoms with Gasteiger partial charge in [-0.05, 0) is 23.8 Å². The molecule has 0 saturated carbocycles. The van der Waals surface area contributed by atoms with Crippen LogP contribution in [0.4, 0.5) is 0 Å². The smallest absolute Gasteiger partial charge is 0.312 e. The normalized spacial score (nSPS) is 14.8. The molecule has 1 unspecified atom stereocenters. The molecule has 5 rings (SSSR count). The molecule has 0 amide bonds. The Hall–Kier alpha value is -4.46. The highest BCUT2D eigenvalue weighted by molar-refractivity contribution is 5.94. The number of benzene rings is 3. The zero-order valence-electron chi connectivity index (χ0n) is 19.3. The monoisotopic (exact) mass is 474 g/mol. The van der Waals surface area contributed by atoms with Gasteiger partial charge >= 0.3 is 5.97 Å². The van der Waals surface area contributed by atoms with E-state index in [4.69, 9.17) is 23.4 Å². The van der Waals surface area contributed by atoms with Crippen molar-refractivity contribution in [2.75, 3.05) is 21.3 Å². The highest BCUT2D eigenvalue weighted by Gasteiger charge is 2.35. The molecule has 0 saturated heterocycles. The van der Waals surface area contributed by atoms with Gasteiger partial charge < -0.3 is 28.5 Å². The maximum atomic E-state index is 13.5. The van der Waals surface area contributed by atoms with Crippen molar-refractivity contribution in [1.29, 1.82) is 0 Å². The summed E-state index contributed by atoms with van der Waals surface area (Å²) in [4.78, 5) is 26.0. The van der Waals surface area contributed by atoms with E-state index in [-0.39, 0.29) is 34.5 Å². The first-order valence-electron chi connectivity index (χ1n) is 10.8. The standard InChI is InChI=1S/C27H22O8/c1-31-15-9-7-14(8-10-15)18-13-34-27-23-17(16-5-4-6-20(32-2)26(16)33-3)11-22(29)35-21(23)12-19(28)24(27)25(18)30/h4-10,12-13,17,28H,11H2,1-3H3. The van der Waals surface area contributed by atoms with E-state index in [0.717, 1.165) is 0 Å². The second-order valence-corrected chi connectivity index (χ2v) is 8.03. The molecule has 0 radical (unpaired) electrons. The summed E-state index contributed by atoms with van der Waals surface area (Å²) in [5.41, 5.74) is 1.75. The van der Waals surface area contributed by atoms with E-state index < -0.39 is 17.3 Å². The number of hydrogen-bond acceptors (Lipinski definition) is 8. The fraction of sp³-hybridized carbons (Fsp3) is 0.185. The molecule has 8 heteroatoms. The van der Waals surface area contributed by atoms with Gasteiger partial charge in [-0.2, -0.15) is 0 Å². The molecule has 8 nitrogen and oxygen atoms in total. The van der Waals surface area contributed by atoms with Crippen molar-refractivity contribution < 1.29 is 33.3 Å². The van der Waals surface area contributed by atoms with E-state index in [1.807, 2.05) is 6.07 Å². The molecule has 1 aliphatic rings. The summed E-state index contributed by atoms with van der Waals surface area (Å²) >= 11 is 0. The first-order chi connectivity index (χ1) is 17.0. The van der Waals surface area contributed by atoms with Gasteiger partial charge in [0.2, 0.25) is 5.43 Å². The molecule has 1 aliphatic heterocycles. The Morgan fingerprint density at radius 1 is 0.971 bits per heavy atom. The number of rotatable bonds is 5. The molecule has 4 aromatic rings. The summed E-state index contributed by atoms with van der Waals surface area (Å²) < 4.78 is 27.6. The van der Waals surface area contributed by atoms with Crippen molar-refractivity contribution in [2.45, 2.75) is 12.3 Å². The Morgan fingerprint density at radius 2 is 1.74 bits per heavy atom. The van der Waals surface area contributed by atoms with E-state index in [1.165, 1.54) is 26.5 Å². The van der Waals surface area contributed by atoms with Crippen molar-refractivity contribution in [3.63, 3.8) is 0 Å². The molecule has 1 aromatic heterocycles. The van der Waals surface area contributed by atoms with Gasteiger partial charge in [-0.3, -0.25) is 9.59 Å². The highest BCUT2D eigenvalue weighted by Crippen LogP contribution is 2.49. The molecule has 3 aromatic carbocycles. The van der Waals surface area contributed by atoms with Gasteiger partial charge in [0.1, 0.15) is 34.5 Å². The third-order valence-corrected chi connectivity index (χ3v) is 6.18. The lowest BCUT2D eigenvalue weighted by molar-refractivity contribution is -0.135. The number of aromatic hydroxyl groups is 1. The summed E-state index contributed by atoms with van der Waals surface area (Å²) in [7, 11) is 4.60. The summed E-state index contributed by atoms with van der Waals surface area (Å²) in [5, 5.41) is 10.8. The average molecular weight is 474 g/mol. The number of hydrogen-bond donors (Lipinski definition) is 1. The predicted molar refractivity (Wildman–Crippen MR) is 128 cm³/mol. The predicted octanol–water partition coefficient (Wildman–Crippen LogP) is 4.63. The van der Waals surface area contributed by atoms with E-state index in [2.05, 4.69) is 0 Å². The van der Waals surface area contributed by atoms with Crippen molar-refractivity contribution in [3.8, 4) is 39.9 Å². The molecule has 0 spiro atoms. The summed E-state index contributed by atoms with van der Waals surface area (Å²) in [5.74, 6) is 0.344. The van der Waals surface area contributed by atoms with Gasteiger partial charge in [0.05, 0.1) is 33.3 Å². The van der Waals surface area contributed by atoms with E-state index in [0.29, 0.717) is 33.9 Å². The van der Waals surface area contributed by atoms with Gasteiger partial charge in [0, 0.05) is 23.1 Å². The number of phenols is 1. The first-order valence-corrected chi connectivity index (χ1v) is 10.8. The maximum Gasteiger partial charge on any atom is 0.312 e. The molecular weight excluding hydrogens is 452 g/mol. The van der Waals surface area contributed by atoms with E-state index in [1.54, 1.807) is 43.5 Å². The highest BCUT2D eigenvalue weighted by atomic mass is 16.5. The number of carbonyl (C=O) groups excluding carboxylic acids is 1. The third-order valence-electron chi connectivity index (χ3n) is 6.18. The number of ether oxygens (including phenoxy) is 4. The lowest BCUT2D eigenvalue weighted by atomic mass is 9.84. The van der Waals surface area contributed by atoms with Crippen molar-refractivity contribution in [2.24, 2.45) is 0 Å². The lowest BCUT2D eigenvalue weighted by Crippen LogP contribution is -2.22. The summed E-state index contributed by atoms with van der Waals surface area (Å²) in [6.07, 6.45) is 1.34. The quantitative estimate of drug-likeness (QED) is 0.330. The topological polar surface area (TPSA) is 104 Å². The van der Waals surface area contributed by atoms with Crippen LogP contribution in [0, 0.1) is 0 Å². The number of phenolic OH excluding ortho intramolecular Hbond substituents is 1. The van der Waals surface area contributed by atoms with Crippen molar-refractivity contribution in [1.82, 2.24) is 0 Å². The number of carbonyl (C=O) groups is 1. The number of fused-ring (bicyclic) bond motifs is 3. The fourth-order valence-electron chi connectivity index (χ4n) is 4.55. The van der Waals surface area contributed by atoms with Crippen molar-refractivity contribution >= 4 is 16.9 Å². The first kappa shape index (κ1) is 22.3. The molecule has 0 aliphatic carbocycles. The summed E-state index contributed by atoms with van der Waals surface area (Å²) in [6.45, 7) is 0. The third kappa shape index (κ3) is 3.63. The largest absolute Gasteiger partial charge is 0.507 e. The molecule has 178 valence electrons. The average Bonchev–Trinajstić information content (AvgIpc) is 2.87.